The average molecular weight is 391 g/mol. The highest BCUT2D eigenvalue weighted by molar-refractivity contribution is 5.82. The number of halogens is 3. The van der Waals surface area contributed by atoms with Gasteiger partial charge in [-0.15, -0.1) is 0 Å². The first-order valence-electron chi connectivity index (χ1n) is 9.13. The molecule has 5 nitrogen and oxygen atoms in total. The van der Waals surface area contributed by atoms with E-state index in [-0.39, 0.29) is 17.9 Å². The van der Waals surface area contributed by atoms with Gasteiger partial charge in [0.15, 0.2) is 0 Å². The Kier molecular flexibility index (Phi) is 4.66. The van der Waals surface area contributed by atoms with E-state index in [9.17, 15) is 18.0 Å². The van der Waals surface area contributed by atoms with Gasteiger partial charge in [0.1, 0.15) is 0 Å². The van der Waals surface area contributed by atoms with Crippen molar-refractivity contribution in [2.75, 3.05) is 22.9 Å². The molecule has 1 fully saturated rings. The summed E-state index contributed by atoms with van der Waals surface area (Å²) in [5, 5.41) is 8.95. The number of hydrogen-bond acceptors (Lipinski definition) is 4. The molecule has 2 aliphatic heterocycles. The maximum absolute atomic E-state index is 12.9. The minimum Gasteiger partial charge on any atom is -0.365 e. The number of nitrogens with zero attached hydrogens (tertiary/aromatic N) is 2. The molecule has 0 radical (unpaired) electrons. The molecule has 1 amide bonds. The summed E-state index contributed by atoms with van der Waals surface area (Å²) >= 11 is 0. The normalized spacial score (nSPS) is 21.7. The van der Waals surface area contributed by atoms with Crippen LogP contribution in [0.3, 0.4) is 0 Å². The minimum absolute atomic E-state index is 0.0215. The summed E-state index contributed by atoms with van der Waals surface area (Å²) in [4.78, 5) is 16.1. The van der Waals surface area contributed by atoms with Crippen LogP contribution in [0.25, 0.3) is 0 Å². The van der Waals surface area contributed by atoms with Crippen molar-refractivity contribution in [2.45, 2.75) is 25.1 Å². The Morgan fingerprint density at radius 3 is 2.39 bits per heavy atom. The molecule has 2 aromatic rings. The molecule has 0 bridgehead atoms. The number of rotatable bonds is 2. The van der Waals surface area contributed by atoms with Gasteiger partial charge in [-0.2, -0.15) is 13.2 Å². The van der Waals surface area contributed by atoms with E-state index in [0.717, 1.165) is 23.5 Å². The fourth-order valence-corrected chi connectivity index (χ4v) is 4.19. The number of hydroxylamine groups is 1. The summed E-state index contributed by atoms with van der Waals surface area (Å²) in [6.45, 7) is 1.23. The smallest absolute Gasteiger partial charge is 0.365 e. The van der Waals surface area contributed by atoms with Gasteiger partial charge in [-0.25, -0.2) is 5.48 Å². The second kappa shape index (κ2) is 7.01. The molecule has 2 aromatic carbocycles. The molecule has 2 atom stereocenters. The van der Waals surface area contributed by atoms with Crippen LogP contribution in [0.2, 0.25) is 0 Å². The lowest BCUT2D eigenvalue weighted by molar-refractivity contribution is -0.137. The SMILES string of the molecule is O=C(NO)[C@H]1CCN2c3ccccc3N(c3ccc(C(F)(F)F)cc3)C[C@H]2C1. The van der Waals surface area contributed by atoms with Crippen LogP contribution >= 0.6 is 0 Å². The van der Waals surface area contributed by atoms with E-state index < -0.39 is 11.7 Å². The highest BCUT2D eigenvalue weighted by atomic mass is 19.4. The fourth-order valence-electron chi connectivity index (χ4n) is 4.19. The highest BCUT2D eigenvalue weighted by Crippen LogP contribution is 2.43. The molecular formula is C20H20F3N3O2. The number of benzene rings is 2. The summed E-state index contributed by atoms with van der Waals surface area (Å²) in [6, 6.07) is 12.9. The van der Waals surface area contributed by atoms with Crippen molar-refractivity contribution in [2.24, 2.45) is 5.92 Å². The molecule has 2 heterocycles. The van der Waals surface area contributed by atoms with Crippen LogP contribution in [0.5, 0.6) is 0 Å². The monoisotopic (exact) mass is 391 g/mol. The Hall–Kier alpha value is -2.74. The van der Waals surface area contributed by atoms with Crippen LogP contribution < -0.4 is 15.3 Å². The van der Waals surface area contributed by atoms with Gasteiger partial charge in [0.25, 0.3) is 0 Å². The van der Waals surface area contributed by atoms with Crippen LogP contribution in [0.4, 0.5) is 30.2 Å². The number of carbonyl (C=O) groups is 1. The van der Waals surface area contributed by atoms with Gasteiger partial charge in [-0.05, 0) is 49.2 Å². The molecule has 148 valence electrons. The van der Waals surface area contributed by atoms with Gasteiger partial charge in [-0.3, -0.25) is 10.0 Å². The van der Waals surface area contributed by atoms with Crippen LogP contribution in [0, 0.1) is 5.92 Å². The standard InChI is InChI=1S/C20H20F3N3O2/c21-20(22,23)14-5-7-15(8-6-14)26-12-16-11-13(19(27)24-28)9-10-25(16)17-3-1-2-4-18(17)26/h1-8,13,16,28H,9-12H2,(H,24,27)/t13-,16+/m0/s1. The molecular weight excluding hydrogens is 371 g/mol. The van der Waals surface area contributed by atoms with Crippen molar-refractivity contribution in [1.29, 1.82) is 0 Å². The molecule has 2 N–H and O–H groups in total. The third kappa shape index (κ3) is 3.28. The first kappa shape index (κ1) is 18.6. The van der Waals surface area contributed by atoms with Crippen molar-refractivity contribution in [3.8, 4) is 0 Å². The summed E-state index contributed by atoms with van der Waals surface area (Å²) in [5.41, 5.74) is 3.67. The molecule has 8 heteroatoms. The van der Waals surface area contributed by atoms with Gasteiger partial charge in [0.2, 0.25) is 5.91 Å². The van der Waals surface area contributed by atoms with Crippen molar-refractivity contribution in [3.63, 3.8) is 0 Å². The number of hydrogen-bond donors (Lipinski definition) is 2. The largest absolute Gasteiger partial charge is 0.416 e. The molecule has 2 aliphatic rings. The lowest BCUT2D eigenvalue weighted by atomic mass is 9.87. The molecule has 28 heavy (non-hydrogen) atoms. The first-order chi connectivity index (χ1) is 13.4. The lowest BCUT2D eigenvalue weighted by Crippen LogP contribution is -2.53. The predicted octanol–water partition coefficient (Wildman–Crippen LogP) is 3.95. The van der Waals surface area contributed by atoms with Crippen LogP contribution in [-0.4, -0.2) is 30.2 Å². The Morgan fingerprint density at radius 1 is 1.07 bits per heavy atom. The van der Waals surface area contributed by atoms with E-state index in [2.05, 4.69) is 4.90 Å². The van der Waals surface area contributed by atoms with E-state index in [1.165, 1.54) is 12.1 Å². The maximum atomic E-state index is 12.9. The number of piperidine rings is 1. The number of anilines is 3. The Labute approximate surface area is 160 Å². The van der Waals surface area contributed by atoms with Crippen molar-refractivity contribution < 1.29 is 23.2 Å². The van der Waals surface area contributed by atoms with E-state index >= 15 is 0 Å². The third-order valence-electron chi connectivity index (χ3n) is 5.58. The zero-order valence-corrected chi connectivity index (χ0v) is 15.0. The van der Waals surface area contributed by atoms with Gasteiger partial charge in [0.05, 0.1) is 16.9 Å². The second-order valence-corrected chi connectivity index (χ2v) is 7.19. The molecule has 0 unspecified atom stereocenters. The Morgan fingerprint density at radius 2 is 1.75 bits per heavy atom. The summed E-state index contributed by atoms with van der Waals surface area (Å²) in [5.74, 6) is -0.675. The zero-order chi connectivity index (χ0) is 19.9. The van der Waals surface area contributed by atoms with E-state index in [0.29, 0.717) is 31.6 Å². The van der Waals surface area contributed by atoms with Crippen molar-refractivity contribution in [3.05, 3.63) is 54.1 Å². The number of amides is 1. The molecule has 0 aromatic heterocycles. The second-order valence-electron chi connectivity index (χ2n) is 7.19. The van der Waals surface area contributed by atoms with E-state index in [1.54, 1.807) is 5.48 Å². The molecule has 1 saturated heterocycles. The van der Waals surface area contributed by atoms with Crippen molar-refractivity contribution in [1.82, 2.24) is 5.48 Å². The van der Waals surface area contributed by atoms with Crippen molar-refractivity contribution >= 4 is 23.0 Å². The quantitative estimate of drug-likeness (QED) is 0.601. The summed E-state index contributed by atoms with van der Waals surface area (Å²) < 4.78 is 38.7. The number of nitrogens with one attached hydrogen (secondary N) is 1. The topological polar surface area (TPSA) is 55.8 Å². The molecule has 0 spiro atoms. The third-order valence-corrected chi connectivity index (χ3v) is 5.58. The van der Waals surface area contributed by atoms with Crippen LogP contribution in [0.15, 0.2) is 48.5 Å². The predicted molar refractivity (Wildman–Crippen MR) is 98.7 cm³/mol. The fraction of sp³-hybridized carbons (Fsp3) is 0.350. The van der Waals surface area contributed by atoms with E-state index in [4.69, 9.17) is 5.21 Å². The van der Waals surface area contributed by atoms with Crippen LogP contribution in [-0.2, 0) is 11.0 Å². The summed E-state index contributed by atoms with van der Waals surface area (Å²) in [7, 11) is 0. The number of para-hydroxylation sites is 2. The van der Waals surface area contributed by atoms with E-state index in [1.807, 2.05) is 29.2 Å². The highest BCUT2D eigenvalue weighted by Gasteiger charge is 2.38. The van der Waals surface area contributed by atoms with Gasteiger partial charge in [0, 0.05) is 30.7 Å². The molecule has 0 saturated carbocycles. The Bertz CT molecular complexity index is 870. The number of fused-ring (bicyclic) bond motifs is 3. The average Bonchev–Trinajstić information content (AvgIpc) is 2.71. The zero-order valence-electron chi connectivity index (χ0n) is 15.0. The maximum Gasteiger partial charge on any atom is 0.416 e. The molecule has 4 rings (SSSR count). The van der Waals surface area contributed by atoms with Gasteiger partial charge >= 0.3 is 6.18 Å². The number of alkyl halides is 3. The Balaban J connectivity index is 1.67. The lowest BCUT2D eigenvalue weighted by Gasteiger charge is -2.48. The summed E-state index contributed by atoms with van der Waals surface area (Å²) in [6.07, 6.45) is -3.17. The first-order valence-corrected chi connectivity index (χ1v) is 9.13. The van der Waals surface area contributed by atoms with Gasteiger partial charge in [-0.1, -0.05) is 12.1 Å². The van der Waals surface area contributed by atoms with Crippen LogP contribution in [0.1, 0.15) is 18.4 Å². The number of carbonyl (C=O) groups excluding carboxylic acids is 1. The minimum atomic E-state index is -4.37. The molecule has 0 aliphatic carbocycles. The van der Waals surface area contributed by atoms with Gasteiger partial charge < -0.3 is 9.80 Å².